The Morgan fingerprint density at radius 3 is 2.71 bits per heavy atom. The summed E-state index contributed by atoms with van der Waals surface area (Å²) in [5, 5.41) is 10.7. The predicted molar refractivity (Wildman–Crippen MR) is 79.5 cm³/mol. The fourth-order valence-corrected chi connectivity index (χ4v) is 2.44. The number of phenolic OH excluding ortho intramolecular Hbond substituents is 1. The lowest BCUT2D eigenvalue weighted by Gasteiger charge is -2.07. The molecule has 0 atom stereocenters. The number of phenols is 1. The number of carbonyl (C=O) groups is 2. The Morgan fingerprint density at radius 2 is 2.05 bits per heavy atom. The van der Waals surface area contributed by atoms with Crippen LogP contribution >= 0.6 is 22.9 Å². The van der Waals surface area contributed by atoms with Gasteiger partial charge in [0.15, 0.2) is 0 Å². The molecule has 6 nitrogen and oxygen atoms in total. The highest BCUT2D eigenvalue weighted by Crippen LogP contribution is 2.21. The molecule has 0 saturated heterocycles. The van der Waals surface area contributed by atoms with Crippen molar-refractivity contribution < 1.29 is 14.7 Å². The van der Waals surface area contributed by atoms with Crippen LogP contribution in [0.1, 0.15) is 32.0 Å². The van der Waals surface area contributed by atoms with Gasteiger partial charge in [-0.1, -0.05) is 18.5 Å². The third kappa shape index (κ3) is 3.71. The van der Waals surface area contributed by atoms with Crippen LogP contribution in [0.25, 0.3) is 0 Å². The van der Waals surface area contributed by atoms with Gasteiger partial charge in [-0.05, 0) is 24.6 Å². The number of benzene rings is 1. The average molecular weight is 326 g/mol. The van der Waals surface area contributed by atoms with Gasteiger partial charge < -0.3 is 5.11 Å². The molecule has 2 amide bonds. The molecule has 0 aliphatic carbocycles. The van der Waals surface area contributed by atoms with Crippen LogP contribution in [0.4, 0.5) is 0 Å². The number of nitrogens with one attached hydrogen (secondary N) is 2. The molecule has 0 radical (unpaired) electrons. The van der Waals surface area contributed by atoms with Gasteiger partial charge in [0.05, 0.1) is 16.8 Å². The number of carbonyl (C=O) groups excluding carboxylic acids is 2. The Bertz CT molecular complexity index is 687. The number of amides is 2. The van der Waals surface area contributed by atoms with Crippen molar-refractivity contribution in [3.8, 4) is 5.75 Å². The normalized spacial score (nSPS) is 10.2. The van der Waals surface area contributed by atoms with Gasteiger partial charge in [-0.25, -0.2) is 4.98 Å². The van der Waals surface area contributed by atoms with Crippen LogP contribution in [0.5, 0.6) is 5.75 Å². The summed E-state index contributed by atoms with van der Waals surface area (Å²) in [6.45, 7) is 1.93. The highest BCUT2D eigenvalue weighted by Gasteiger charge is 2.14. The van der Waals surface area contributed by atoms with Gasteiger partial charge in [0.25, 0.3) is 11.8 Å². The van der Waals surface area contributed by atoms with Gasteiger partial charge in [-0.3, -0.25) is 20.4 Å². The molecule has 1 aromatic carbocycles. The Balaban J connectivity index is 2.00. The molecule has 0 aliphatic heterocycles. The number of rotatable bonds is 3. The van der Waals surface area contributed by atoms with Gasteiger partial charge in [0.2, 0.25) is 0 Å². The molecule has 1 heterocycles. The van der Waals surface area contributed by atoms with Gasteiger partial charge in [0, 0.05) is 5.02 Å². The lowest BCUT2D eigenvalue weighted by atomic mass is 10.2. The lowest BCUT2D eigenvalue weighted by Crippen LogP contribution is -2.41. The first-order valence-electron chi connectivity index (χ1n) is 6.05. The van der Waals surface area contributed by atoms with Gasteiger partial charge in [0.1, 0.15) is 10.6 Å². The van der Waals surface area contributed by atoms with Crippen LogP contribution in [-0.4, -0.2) is 21.9 Å². The van der Waals surface area contributed by atoms with Crippen LogP contribution in [0.2, 0.25) is 5.02 Å². The molecule has 0 aliphatic rings. The number of halogens is 1. The average Bonchev–Trinajstić information content (AvgIpc) is 2.96. The molecule has 0 fully saturated rings. The van der Waals surface area contributed by atoms with Crippen LogP contribution in [0.15, 0.2) is 24.4 Å². The molecule has 0 bridgehead atoms. The highest BCUT2D eigenvalue weighted by atomic mass is 35.5. The molecule has 0 unspecified atom stereocenters. The van der Waals surface area contributed by atoms with Gasteiger partial charge >= 0.3 is 0 Å². The molecule has 2 aromatic rings. The van der Waals surface area contributed by atoms with Crippen molar-refractivity contribution in [2.75, 3.05) is 0 Å². The number of nitrogens with zero attached hydrogens (tertiary/aromatic N) is 1. The largest absolute Gasteiger partial charge is 0.507 e. The summed E-state index contributed by atoms with van der Waals surface area (Å²) in [5.41, 5.74) is 4.45. The zero-order valence-corrected chi connectivity index (χ0v) is 12.6. The maximum Gasteiger partial charge on any atom is 0.281 e. The summed E-state index contributed by atoms with van der Waals surface area (Å²) in [5.74, 6) is -1.36. The highest BCUT2D eigenvalue weighted by molar-refractivity contribution is 7.13. The second-order valence-electron chi connectivity index (χ2n) is 4.04. The number of aromatic nitrogens is 1. The third-order valence-electron chi connectivity index (χ3n) is 2.57. The van der Waals surface area contributed by atoms with E-state index >= 15 is 0 Å². The van der Waals surface area contributed by atoms with Crippen LogP contribution in [0, 0.1) is 0 Å². The topological polar surface area (TPSA) is 91.3 Å². The van der Waals surface area contributed by atoms with E-state index in [4.69, 9.17) is 11.6 Å². The maximum absolute atomic E-state index is 11.9. The van der Waals surface area contributed by atoms with E-state index in [-0.39, 0.29) is 11.3 Å². The predicted octanol–water partition coefficient (Wildman–Crippen LogP) is 2.14. The first-order chi connectivity index (χ1) is 10.0. The number of hydrogen-bond acceptors (Lipinski definition) is 5. The number of thiazole rings is 1. The van der Waals surface area contributed by atoms with Crippen molar-refractivity contribution in [2.24, 2.45) is 0 Å². The summed E-state index contributed by atoms with van der Waals surface area (Å²) in [7, 11) is 0. The minimum atomic E-state index is -0.663. The monoisotopic (exact) mass is 325 g/mol. The summed E-state index contributed by atoms with van der Waals surface area (Å²) in [6.07, 6.45) is 2.18. The molecular formula is C13H12ClN3O3S. The Kier molecular flexibility index (Phi) is 4.77. The molecule has 3 N–H and O–H groups in total. The quantitative estimate of drug-likeness (QED) is 0.754. The Morgan fingerprint density at radius 1 is 1.33 bits per heavy atom. The molecule has 21 heavy (non-hydrogen) atoms. The zero-order chi connectivity index (χ0) is 15.4. The van der Waals surface area contributed by atoms with Crippen molar-refractivity contribution >= 4 is 34.8 Å². The van der Waals surface area contributed by atoms with Crippen molar-refractivity contribution in [3.05, 3.63) is 44.9 Å². The van der Waals surface area contributed by atoms with Crippen LogP contribution in [0.3, 0.4) is 0 Å². The molecule has 110 valence electrons. The van der Waals surface area contributed by atoms with Gasteiger partial charge in [-0.2, -0.15) is 0 Å². The fraction of sp³-hybridized carbons (Fsp3) is 0.154. The lowest BCUT2D eigenvalue weighted by molar-refractivity contribution is 0.0847. The van der Waals surface area contributed by atoms with E-state index < -0.39 is 11.8 Å². The second-order valence-corrected chi connectivity index (χ2v) is 5.59. The van der Waals surface area contributed by atoms with E-state index in [2.05, 4.69) is 15.8 Å². The van der Waals surface area contributed by atoms with Gasteiger partial charge in [-0.15, -0.1) is 11.3 Å². The van der Waals surface area contributed by atoms with E-state index in [0.717, 1.165) is 11.4 Å². The number of hydrazine groups is 1. The molecule has 2 rings (SSSR count). The first kappa shape index (κ1) is 15.3. The minimum Gasteiger partial charge on any atom is -0.507 e. The smallest absolute Gasteiger partial charge is 0.281 e. The molecule has 8 heteroatoms. The van der Waals surface area contributed by atoms with E-state index in [1.54, 1.807) is 0 Å². The van der Waals surface area contributed by atoms with E-state index in [0.29, 0.717) is 9.90 Å². The number of aromatic hydroxyl groups is 1. The van der Waals surface area contributed by atoms with Crippen molar-refractivity contribution in [1.29, 1.82) is 0 Å². The summed E-state index contributed by atoms with van der Waals surface area (Å²) in [4.78, 5) is 28.1. The van der Waals surface area contributed by atoms with E-state index in [9.17, 15) is 14.7 Å². The van der Waals surface area contributed by atoms with E-state index in [1.807, 2.05) is 6.92 Å². The molecule has 0 spiro atoms. The molecule has 1 aromatic heterocycles. The molecular weight excluding hydrogens is 314 g/mol. The second kappa shape index (κ2) is 6.55. The number of aryl methyl sites for hydroxylation is 1. The summed E-state index contributed by atoms with van der Waals surface area (Å²) >= 11 is 7.00. The fourth-order valence-electron chi connectivity index (χ4n) is 1.51. The zero-order valence-electron chi connectivity index (χ0n) is 11.0. The van der Waals surface area contributed by atoms with Crippen molar-refractivity contribution in [1.82, 2.24) is 15.8 Å². The SMILES string of the molecule is CCc1ncc(C(=O)NNC(=O)c2cc(Cl)ccc2O)s1. The van der Waals surface area contributed by atoms with Crippen molar-refractivity contribution in [2.45, 2.75) is 13.3 Å². The molecule has 0 saturated carbocycles. The standard InChI is InChI=1S/C13H12ClN3O3S/c1-2-11-15-6-10(21-11)13(20)17-16-12(19)8-5-7(14)3-4-9(8)18/h3-6,18H,2H2,1H3,(H,16,19)(H,17,20). The first-order valence-corrected chi connectivity index (χ1v) is 7.24. The number of hydrogen-bond donors (Lipinski definition) is 3. The minimum absolute atomic E-state index is 0.0265. The Hall–Kier alpha value is -2.12. The third-order valence-corrected chi connectivity index (χ3v) is 3.95. The summed E-state index contributed by atoms with van der Waals surface area (Å²) < 4.78 is 0. The maximum atomic E-state index is 11.9. The van der Waals surface area contributed by atoms with Crippen LogP contribution < -0.4 is 10.9 Å². The van der Waals surface area contributed by atoms with E-state index in [1.165, 1.54) is 35.7 Å². The Labute approximate surface area is 129 Å². The summed E-state index contributed by atoms with van der Waals surface area (Å²) in [6, 6.07) is 4.06. The van der Waals surface area contributed by atoms with Crippen LogP contribution in [-0.2, 0) is 6.42 Å². The van der Waals surface area contributed by atoms with Crippen molar-refractivity contribution in [3.63, 3.8) is 0 Å².